The lowest BCUT2D eigenvalue weighted by atomic mass is 9.60. The summed E-state index contributed by atoms with van der Waals surface area (Å²) in [6.45, 7) is 15.1. The minimum atomic E-state index is -0.623. The van der Waals surface area contributed by atoms with E-state index in [9.17, 15) is 15.0 Å². The second-order valence-corrected chi connectivity index (χ2v) is 12.2. The number of hydrogen-bond acceptors (Lipinski definition) is 3. The zero-order valence-corrected chi connectivity index (χ0v) is 21.1. The standard InChI is InChI=1S/C29H46O3/c1-19(9-7-11-27(32)28(3,4)5)24-14-15-25-21(10-8-16-29(24,25)6)12-13-22-17-23(30)18-26(31)20(22)2/h12-13,19,23-26,30-31H,2,7-11,14-18H2,1,3-6H3/b21-12+,22-13-/t19-,23-,24?,25?,26+,29-/m1/s1. The lowest BCUT2D eigenvalue weighted by Crippen LogP contribution is -2.36. The molecular weight excluding hydrogens is 396 g/mol. The first kappa shape index (κ1) is 25.4. The minimum Gasteiger partial charge on any atom is -0.393 e. The SMILES string of the molecule is C=C1/C(=C\C=C2/CCC[C@@]3(C)C2CCC3[C@H](C)CCCC(=O)C(C)(C)C)C[C@@H](O)C[C@@H]1O. The van der Waals surface area contributed by atoms with E-state index in [4.69, 9.17) is 0 Å². The minimum absolute atomic E-state index is 0.221. The van der Waals surface area contributed by atoms with Crippen molar-refractivity contribution >= 4 is 5.78 Å². The second-order valence-electron chi connectivity index (χ2n) is 12.2. The van der Waals surface area contributed by atoms with E-state index >= 15 is 0 Å². The van der Waals surface area contributed by atoms with Crippen LogP contribution >= 0.6 is 0 Å². The molecule has 0 amide bonds. The van der Waals surface area contributed by atoms with Crippen LogP contribution in [0.2, 0.25) is 0 Å². The molecule has 3 saturated carbocycles. The summed E-state index contributed by atoms with van der Waals surface area (Å²) in [4.78, 5) is 12.3. The average Bonchev–Trinajstić information content (AvgIpc) is 3.06. The molecule has 0 bridgehead atoms. The summed E-state index contributed by atoms with van der Waals surface area (Å²) in [5.41, 5.74) is 3.45. The van der Waals surface area contributed by atoms with Crippen LogP contribution in [0.1, 0.15) is 98.8 Å². The Morgan fingerprint density at radius 1 is 1.25 bits per heavy atom. The number of carbonyl (C=O) groups excluding carboxylic acids is 1. The van der Waals surface area contributed by atoms with Crippen molar-refractivity contribution in [3.05, 3.63) is 35.5 Å². The monoisotopic (exact) mass is 442 g/mol. The van der Waals surface area contributed by atoms with Crippen molar-refractivity contribution in [1.29, 1.82) is 0 Å². The van der Waals surface area contributed by atoms with Crippen molar-refractivity contribution in [3.63, 3.8) is 0 Å². The summed E-state index contributed by atoms with van der Waals surface area (Å²) in [5, 5.41) is 20.2. The van der Waals surface area contributed by atoms with Crippen LogP contribution in [0.3, 0.4) is 0 Å². The van der Waals surface area contributed by atoms with Crippen molar-refractivity contribution in [3.8, 4) is 0 Å². The van der Waals surface area contributed by atoms with Crippen LogP contribution in [0.15, 0.2) is 35.5 Å². The Hall–Kier alpha value is -1.19. The van der Waals surface area contributed by atoms with Gasteiger partial charge in [0.1, 0.15) is 5.78 Å². The predicted molar refractivity (Wildman–Crippen MR) is 132 cm³/mol. The first-order chi connectivity index (χ1) is 14.9. The maximum Gasteiger partial charge on any atom is 0.138 e. The van der Waals surface area contributed by atoms with E-state index in [-0.39, 0.29) is 5.41 Å². The van der Waals surface area contributed by atoms with E-state index in [1.165, 1.54) is 25.7 Å². The molecule has 3 heteroatoms. The number of rotatable bonds is 6. The van der Waals surface area contributed by atoms with E-state index in [1.54, 1.807) is 5.57 Å². The first-order valence-corrected chi connectivity index (χ1v) is 12.9. The van der Waals surface area contributed by atoms with Crippen molar-refractivity contribution in [2.24, 2.45) is 28.6 Å². The van der Waals surface area contributed by atoms with Crippen LogP contribution in [0.25, 0.3) is 0 Å². The van der Waals surface area contributed by atoms with Gasteiger partial charge in [-0.2, -0.15) is 0 Å². The van der Waals surface area contributed by atoms with Gasteiger partial charge in [0, 0.05) is 18.3 Å². The lowest BCUT2D eigenvalue weighted by Gasteiger charge is -2.44. The Bertz CT molecular complexity index is 768. The molecule has 180 valence electrons. The number of carbonyl (C=O) groups is 1. The molecule has 3 aliphatic carbocycles. The lowest BCUT2D eigenvalue weighted by molar-refractivity contribution is -0.126. The van der Waals surface area contributed by atoms with Gasteiger partial charge in [-0.1, -0.05) is 65.3 Å². The fraction of sp³-hybridized carbons (Fsp3) is 0.759. The summed E-state index contributed by atoms with van der Waals surface area (Å²) in [7, 11) is 0. The van der Waals surface area contributed by atoms with Crippen LogP contribution in [0, 0.1) is 28.6 Å². The molecule has 3 rings (SSSR count). The molecule has 3 aliphatic rings. The molecule has 0 heterocycles. The molecule has 0 aromatic heterocycles. The average molecular weight is 443 g/mol. The highest BCUT2D eigenvalue weighted by Gasteiger charge is 2.50. The van der Waals surface area contributed by atoms with E-state index in [0.717, 1.165) is 36.3 Å². The highest BCUT2D eigenvalue weighted by Crippen LogP contribution is 2.60. The summed E-state index contributed by atoms with van der Waals surface area (Å²) in [5.74, 6) is 2.39. The van der Waals surface area contributed by atoms with Gasteiger partial charge in [0.15, 0.2) is 0 Å². The molecule has 2 N–H and O–H groups in total. The molecule has 6 atom stereocenters. The van der Waals surface area contributed by atoms with Gasteiger partial charge in [0.05, 0.1) is 12.2 Å². The van der Waals surface area contributed by atoms with Crippen molar-refractivity contribution in [2.45, 2.75) is 111 Å². The number of aliphatic hydroxyl groups is 2. The number of hydrogen-bond donors (Lipinski definition) is 2. The molecular formula is C29H46O3. The largest absolute Gasteiger partial charge is 0.393 e. The van der Waals surface area contributed by atoms with Gasteiger partial charge in [-0.05, 0) is 79.3 Å². The van der Waals surface area contributed by atoms with Gasteiger partial charge in [-0.3, -0.25) is 4.79 Å². The number of allylic oxidation sites excluding steroid dienone is 3. The normalized spacial score (nSPS) is 37.0. The summed E-state index contributed by atoms with van der Waals surface area (Å²) < 4.78 is 0. The van der Waals surface area contributed by atoms with E-state index < -0.39 is 12.2 Å². The quantitative estimate of drug-likeness (QED) is 0.490. The number of fused-ring (bicyclic) bond motifs is 1. The molecule has 0 spiro atoms. The molecule has 2 unspecified atom stereocenters. The van der Waals surface area contributed by atoms with Crippen LogP contribution in [-0.4, -0.2) is 28.2 Å². The number of Topliss-reactive ketones (excluding diaryl/α,β-unsaturated/α-hetero) is 1. The third-order valence-electron chi connectivity index (χ3n) is 8.89. The van der Waals surface area contributed by atoms with Crippen molar-refractivity contribution < 1.29 is 15.0 Å². The number of ketones is 1. The molecule has 3 fully saturated rings. The Balaban J connectivity index is 1.67. The topological polar surface area (TPSA) is 57.5 Å². The van der Waals surface area contributed by atoms with Crippen molar-refractivity contribution in [2.75, 3.05) is 0 Å². The third-order valence-corrected chi connectivity index (χ3v) is 8.89. The summed E-state index contributed by atoms with van der Waals surface area (Å²) >= 11 is 0. The molecule has 0 aromatic rings. The maximum atomic E-state index is 12.3. The van der Waals surface area contributed by atoms with Crippen LogP contribution in [0.4, 0.5) is 0 Å². The third kappa shape index (κ3) is 5.47. The van der Waals surface area contributed by atoms with E-state index in [1.807, 2.05) is 20.8 Å². The van der Waals surface area contributed by atoms with Gasteiger partial charge in [0.25, 0.3) is 0 Å². The van der Waals surface area contributed by atoms with Gasteiger partial charge in [-0.25, -0.2) is 0 Å². The van der Waals surface area contributed by atoms with Gasteiger partial charge in [0.2, 0.25) is 0 Å². The fourth-order valence-electron chi connectivity index (χ4n) is 6.84. The van der Waals surface area contributed by atoms with Crippen LogP contribution < -0.4 is 0 Å². The molecule has 0 aliphatic heterocycles. The first-order valence-electron chi connectivity index (χ1n) is 12.9. The zero-order chi connectivity index (χ0) is 23.7. The zero-order valence-electron chi connectivity index (χ0n) is 21.1. The maximum absolute atomic E-state index is 12.3. The molecule has 32 heavy (non-hydrogen) atoms. The predicted octanol–water partition coefficient (Wildman–Crippen LogP) is 6.55. The van der Waals surface area contributed by atoms with Crippen LogP contribution in [0.5, 0.6) is 0 Å². The number of aliphatic hydroxyl groups excluding tert-OH is 2. The fourth-order valence-corrected chi connectivity index (χ4v) is 6.84. The van der Waals surface area contributed by atoms with Gasteiger partial charge < -0.3 is 10.2 Å². The Morgan fingerprint density at radius 2 is 1.97 bits per heavy atom. The smallest absolute Gasteiger partial charge is 0.138 e. The van der Waals surface area contributed by atoms with Crippen molar-refractivity contribution in [1.82, 2.24) is 0 Å². The molecule has 0 aromatic carbocycles. The summed E-state index contributed by atoms with van der Waals surface area (Å²) in [6.07, 6.45) is 13.4. The molecule has 3 nitrogen and oxygen atoms in total. The van der Waals surface area contributed by atoms with E-state index in [0.29, 0.717) is 42.3 Å². The summed E-state index contributed by atoms with van der Waals surface area (Å²) in [6, 6.07) is 0. The molecule has 0 radical (unpaired) electrons. The second kappa shape index (κ2) is 9.97. The van der Waals surface area contributed by atoms with Crippen LogP contribution in [-0.2, 0) is 4.79 Å². The highest BCUT2D eigenvalue weighted by atomic mass is 16.3. The Kier molecular flexibility index (Phi) is 7.93. The van der Waals surface area contributed by atoms with E-state index in [2.05, 4.69) is 32.6 Å². The van der Waals surface area contributed by atoms with Gasteiger partial charge >= 0.3 is 0 Å². The Morgan fingerprint density at radius 3 is 2.66 bits per heavy atom. The highest BCUT2D eigenvalue weighted by molar-refractivity contribution is 5.83. The Labute approximate surface area is 196 Å². The van der Waals surface area contributed by atoms with Gasteiger partial charge in [-0.15, -0.1) is 0 Å². The molecule has 0 saturated heterocycles.